The highest BCUT2D eigenvalue weighted by atomic mass is 32.2. The molecule has 0 N–H and O–H groups in total. The number of thioether (sulfide) groups is 1. The van der Waals surface area contributed by atoms with Crippen molar-refractivity contribution in [1.29, 1.82) is 0 Å². The average Bonchev–Trinajstić information content (AvgIpc) is 3.21. The van der Waals surface area contributed by atoms with E-state index in [1.165, 1.54) is 11.8 Å². The van der Waals surface area contributed by atoms with Gasteiger partial charge in [-0.25, -0.2) is 0 Å². The zero-order chi connectivity index (χ0) is 18.7. The van der Waals surface area contributed by atoms with Crippen LogP contribution in [0.25, 0.3) is 5.69 Å². The van der Waals surface area contributed by atoms with E-state index >= 15 is 0 Å². The first-order chi connectivity index (χ1) is 12.5. The van der Waals surface area contributed by atoms with Crippen LogP contribution in [-0.2, 0) is 7.05 Å². The predicted octanol–water partition coefficient (Wildman–Crippen LogP) is 2.99. The quantitative estimate of drug-likeness (QED) is 0.469. The van der Waals surface area contributed by atoms with Gasteiger partial charge in [0, 0.05) is 24.0 Å². The number of benzene rings is 1. The number of ketones is 1. The van der Waals surface area contributed by atoms with Crippen molar-refractivity contribution in [2.75, 3.05) is 12.4 Å². The van der Waals surface area contributed by atoms with Crippen LogP contribution in [0.3, 0.4) is 0 Å². The average molecular weight is 371 g/mol. The van der Waals surface area contributed by atoms with Gasteiger partial charge in [0.15, 0.2) is 5.78 Å². The predicted molar refractivity (Wildman–Crippen MR) is 100 cm³/mol. The van der Waals surface area contributed by atoms with Gasteiger partial charge in [0.05, 0.1) is 12.4 Å². The largest absolute Gasteiger partial charge is 0.492 e. The first-order valence-electron chi connectivity index (χ1n) is 8.32. The molecular formula is C18H21N5O2S. The van der Waals surface area contributed by atoms with Crippen LogP contribution >= 0.6 is 11.8 Å². The van der Waals surface area contributed by atoms with E-state index in [0.29, 0.717) is 17.5 Å². The third-order valence-electron chi connectivity index (χ3n) is 4.24. The molecule has 0 radical (unpaired) electrons. The van der Waals surface area contributed by atoms with Crippen LogP contribution in [0.1, 0.15) is 28.7 Å². The molecule has 26 heavy (non-hydrogen) atoms. The van der Waals surface area contributed by atoms with Crippen molar-refractivity contribution >= 4 is 17.5 Å². The molecule has 0 spiro atoms. The number of ether oxygens (including phenoxy) is 1. The fourth-order valence-corrected chi connectivity index (χ4v) is 3.44. The summed E-state index contributed by atoms with van der Waals surface area (Å²) < 4.78 is 9.26. The Kier molecular flexibility index (Phi) is 5.41. The highest BCUT2D eigenvalue weighted by Gasteiger charge is 2.18. The van der Waals surface area contributed by atoms with Gasteiger partial charge in [0.1, 0.15) is 11.4 Å². The summed E-state index contributed by atoms with van der Waals surface area (Å²) in [7, 11) is 1.96. The Labute approximate surface area is 156 Å². The Hall–Kier alpha value is -2.61. The van der Waals surface area contributed by atoms with Crippen molar-refractivity contribution in [3.8, 4) is 11.4 Å². The van der Waals surface area contributed by atoms with Crippen molar-refractivity contribution in [2.24, 2.45) is 7.05 Å². The summed E-state index contributed by atoms with van der Waals surface area (Å²) in [6, 6.07) is 9.48. The molecule has 2 heterocycles. The van der Waals surface area contributed by atoms with E-state index in [0.717, 1.165) is 22.6 Å². The number of carbonyl (C=O) groups is 1. The van der Waals surface area contributed by atoms with Crippen molar-refractivity contribution in [3.05, 3.63) is 47.3 Å². The minimum atomic E-state index is 0.0591. The number of aryl methyl sites for hydroxylation is 1. The summed E-state index contributed by atoms with van der Waals surface area (Å²) in [5.41, 5.74) is 3.52. The second kappa shape index (κ2) is 7.74. The maximum absolute atomic E-state index is 12.6. The topological polar surface area (TPSA) is 74.8 Å². The smallest absolute Gasteiger partial charge is 0.214 e. The molecular weight excluding hydrogens is 350 g/mol. The maximum Gasteiger partial charge on any atom is 0.214 e. The number of nitrogens with zero attached hydrogens (tertiary/aromatic N) is 5. The number of hydrogen-bond donors (Lipinski definition) is 0. The third kappa shape index (κ3) is 3.50. The van der Waals surface area contributed by atoms with E-state index in [1.54, 1.807) is 4.68 Å². The molecule has 3 rings (SSSR count). The van der Waals surface area contributed by atoms with Crippen LogP contribution in [0, 0.1) is 13.8 Å². The Morgan fingerprint density at radius 2 is 2.04 bits per heavy atom. The Morgan fingerprint density at radius 3 is 2.73 bits per heavy atom. The van der Waals surface area contributed by atoms with Gasteiger partial charge in [-0.15, -0.1) is 5.10 Å². The van der Waals surface area contributed by atoms with Crippen LogP contribution in [0.4, 0.5) is 0 Å². The van der Waals surface area contributed by atoms with Crippen molar-refractivity contribution in [1.82, 2.24) is 24.8 Å². The van der Waals surface area contributed by atoms with Crippen LogP contribution in [-0.4, -0.2) is 42.9 Å². The number of para-hydroxylation sites is 2. The molecule has 0 saturated carbocycles. The van der Waals surface area contributed by atoms with Gasteiger partial charge in [-0.1, -0.05) is 23.9 Å². The number of tetrazole rings is 1. The molecule has 7 nitrogen and oxygen atoms in total. The molecule has 0 aliphatic rings. The molecule has 0 fully saturated rings. The van der Waals surface area contributed by atoms with Gasteiger partial charge in [-0.05, 0) is 49.4 Å². The molecule has 1 aromatic carbocycles. The standard InChI is InChI=1S/C18H21N5O2S/c1-5-25-17-9-7-6-8-15(17)23-18(19-20-21-23)26-11-16(24)14-10-12(2)22(4)13(14)3/h6-10H,5,11H2,1-4H3. The third-order valence-corrected chi connectivity index (χ3v) is 5.16. The molecule has 0 atom stereocenters. The highest BCUT2D eigenvalue weighted by Crippen LogP contribution is 2.26. The second-order valence-electron chi connectivity index (χ2n) is 5.83. The SMILES string of the molecule is CCOc1ccccc1-n1nnnc1SCC(=O)c1cc(C)n(C)c1C. The summed E-state index contributed by atoms with van der Waals surface area (Å²) >= 11 is 1.31. The molecule has 2 aromatic heterocycles. The number of carbonyl (C=O) groups excluding carboxylic acids is 1. The minimum absolute atomic E-state index is 0.0591. The van der Waals surface area contributed by atoms with Crippen LogP contribution in [0.2, 0.25) is 0 Å². The first-order valence-corrected chi connectivity index (χ1v) is 9.31. The summed E-state index contributed by atoms with van der Waals surface area (Å²) in [6.07, 6.45) is 0. The van der Waals surface area contributed by atoms with E-state index in [9.17, 15) is 4.79 Å². The summed E-state index contributed by atoms with van der Waals surface area (Å²) in [5.74, 6) is 1.02. The van der Waals surface area contributed by atoms with E-state index < -0.39 is 0 Å². The van der Waals surface area contributed by atoms with Gasteiger partial charge >= 0.3 is 0 Å². The van der Waals surface area contributed by atoms with Crippen molar-refractivity contribution in [3.63, 3.8) is 0 Å². The lowest BCUT2D eigenvalue weighted by molar-refractivity contribution is 0.102. The van der Waals surface area contributed by atoms with E-state index in [2.05, 4.69) is 15.5 Å². The molecule has 136 valence electrons. The fourth-order valence-electron chi connectivity index (χ4n) is 2.68. The summed E-state index contributed by atoms with van der Waals surface area (Å²) in [6.45, 7) is 6.41. The van der Waals surface area contributed by atoms with Gasteiger partial charge in [-0.3, -0.25) is 4.79 Å². The summed E-state index contributed by atoms with van der Waals surface area (Å²) in [5, 5.41) is 12.4. The summed E-state index contributed by atoms with van der Waals surface area (Å²) in [4.78, 5) is 12.6. The molecule has 0 amide bonds. The van der Waals surface area contributed by atoms with Gasteiger partial charge in [0.25, 0.3) is 0 Å². The van der Waals surface area contributed by atoms with E-state index in [1.807, 2.05) is 62.7 Å². The molecule has 0 bridgehead atoms. The number of Topliss-reactive ketones (excluding diaryl/α,β-unsaturated/α-hetero) is 1. The Morgan fingerprint density at radius 1 is 1.27 bits per heavy atom. The fraction of sp³-hybridized carbons (Fsp3) is 0.333. The zero-order valence-corrected chi connectivity index (χ0v) is 16.1. The van der Waals surface area contributed by atoms with Crippen LogP contribution < -0.4 is 4.74 Å². The molecule has 0 aliphatic carbocycles. The number of aromatic nitrogens is 5. The van der Waals surface area contributed by atoms with E-state index in [-0.39, 0.29) is 11.5 Å². The zero-order valence-electron chi connectivity index (χ0n) is 15.3. The van der Waals surface area contributed by atoms with Gasteiger partial charge in [-0.2, -0.15) is 4.68 Å². The lowest BCUT2D eigenvalue weighted by Crippen LogP contribution is -2.07. The molecule has 0 unspecified atom stereocenters. The number of hydrogen-bond acceptors (Lipinski definition) is 6. The van der Waals surface area contributed by atoms with Crippen LogP contribution in [0.15, 0.2) is 35.5 Å². The normalized spacial score (nSPS) is 10.9. The van der Waals surface area contributed by atoms with Gasteiger partial charge in [0.2, 0.25) is 5.16 Å². The van der Waals surface area contributed by atoms with Gasteiger partial charge < -0.3 is 9.30 Å². The van der Waals surface area contributed by atoms with Crippen molar-refractivity contribution in [2.45, 2.75) is 25.9 Å². The second-order valence-corrected chi connectivity index (χ2v) is 6.77. The lowest BCUT2D eigenvalue weighted by atomic mass is 10.2. The monoisotopic (exact) mass is 371 g/mol. The van der Waals surface area contributed by atoms with E-state index in [4.69, 9.17) is 4.74 Å². The molecule has 0 aliphatic heterocycles. The lowest BCUT2D eigenvalue weighted by Gasteiger charge is -2.10. The molecule has 3 aromatic rings. The Bertz CT molecular complexity index is 932. The Balaban J connectivity index is 1.80. The maximum atomic E-state index is 12.6. The number of rotatable bonds is 7. The molecule has 0 saturated heterocycles. The van der Waals surface area contributed by atoms with Crippen molar-refractivity contribution < 1.29 is 9.53 Å². The van der Waals surface area contributed by atoms with Crippen LogP contribution in [0.5, 0.6) is 5.75 Å². The first kappa shape index (κ1) is 18.2. The highest BCUT2D eigenvalue weighted by molar-refractivity contribution is 7.99. The molecule has 8 heteroatoms. The minimum Gasteiger partial charge on any atom is -0.492 e.